The molecule has 5 aromatic rings. The molecule has 0 amide bonds. The Labute approximate surface area is 186 Å². The first kappa shape index (κ1) is 19.8. The van der Waals surface area contributed by atoms with Gasteiger partial charge in [0.2, 0.25) is 5.88 Å². The number of nitrogens with zero attached hydrogens (tertiary/aromatic N) is 3. The van der Waals surface area contributed by atoms with Crippen LogP contribution in [0.15, 0.2) is 85.1 Å². The Morgan fingerprint density at radius 1 is 0.719 bits per heavy atom. The van der Waals surface area contributed by atoms with E-state index in [1.165, 1.54) is 5.56 Å². The van der Waals surface area contributed by atoms with Crippen molar-refractivity contribution in [2.45, 2.75) is 19.8 Å². The van der Waals surface area contributed by atoms with Crippen molar-refractivity contribution < 1.29 is 10.2 Å². The molecule has 2 aromatic heterocycles. The highest BCUT2D eigenvalue weighted by Crippen LogP contribution is 2.28. The molecule has 0 aliphatic heterocycles. The summed E-state index contributed by atoms with van der Waals surface area (Å²) in [6, 6.07) is 25.3. The van der Waals surface area contributed by atoms with E-state index in [1.54, 1.807) is 16.5 Å². The average molecular weight is 422 g/mol. The van der Waals surface area contributed by atoms with E-state index in [0.29, 0.717) is 24.2 Å². The zero-order valence-corrected chi connectivity index (χ0v) is 17.7. The first-order valence-electron chi connectivity index (χ1n) is 10.6. The summed E-state index contributed by atoms with van der Waals surface area (Å²) < 4.78 is 1.73. The van der Waals surface area contributed by atoms with Gasteiger partial charge in [-0.3, -0.25) is 4.40 Å². The third-order valence-corrected chi connectivity index (χ3v) is 5.59. The van der Waals surface area contributed by atoms with E-state index in [2.05, 4.69) is 31.2 Å². The average Bonchev–Trinajstić information content (AvgIpc) is 3.12. The van der Waals surface area contributed by atoms with E-state index >= 15 is 0 Å². The number of aryl methyl sites for hydroxylation is 1. The van der Waals surface area contributed by atoms with Crippen LogP contribution in [0.5, 0.6) is 11.6 Å². The van der Waals surface area contributed by atoms with Gasteiger partial charge in [-0.15, -0.1) is 0 Å². The number of rotatable bonds is 5. The normalized spacial score (nSPS) is 11.2. The molecule has 0 aliphatic rings. The van der Waals surface area contributed by atoms with E-state index in [9.17, 15) is 10.2 Å². The van der Waals surface area contributed by atoms with Gasteiger partial charge in [0.05, 0.1) is 11.4 Å². The molecule has 0 aliphatic carbocycles. The number of fused-ring (bicyclic) bond motifs is 1. The highest BCUT2D eigenvalue weighted by Gasteiger charge is 2.18. The van der Waals surface area contributed by atoms with Crippen LogP contribution in [0.4, 0.5) is 0 Å². The molecule has 158 valence electrons. The van der Waals surface area contributed by atoms with Crippen molar-refractivity contribution in [2.24, 2.45) is 0 Å². The molecular formula is C27H23N3O2. The summed E-state index contributed by atoms with van der Waals surface area (Å²) in [6.07, 6.45) is 2.91. The monoisotopic (exact) mass is 421 g/mol. The minimum absolute atomic E-state index is 0.109. The fourth-order valence-corrected chi connectivity index (χ4v) is 3.84. The maximum atomic E-state index is 11.0. The maximum absolute atomic E-state index is 11.0. The molecule has 0 bridgehead atoms. The number of hydrogen-bond donors (Lipinski definition) is 2. The fourth-order valence-electron chi connectivity index (χ4n) is 3.84. The van der Waals surface area contributed by atoms with Crippen molar-refractivity contribution in [1.82, 2.24) is 14.4 Å². The molecule has 5 heteroatoms. The molecule has 32 heavy (non-hydrogen) atoms. The standard InChI is InChI=1S/C27H23N3O2/c1-18-7-11-21(12-8-18)25-17-30-26(23(28-25)15-19-5-3-2-4-6-19)29-24(27(30)32)16-20-9-13-22(31)14-10-20/h2-14,17,31-32H,15-16H2,1H3. The summed E-state index contributed by atoms with van der Waals surface area (Å²) in [5.41, 5.74) is 7.07. The molecule has 5 nitrogen and oxygen atoms in total. The second kappa shape index (κ2) is 8.19. The van der Waals surface area contributed by atoms with Crippen molar-refractivity contribution in [3.05, 3.63) is 113 Å². The van der Waals surface area contributed by atoms with Crippen LogP contribution in [-0.2, 0) is 12.8 Å². The second-order valence-corrected chi connectivity index (χ2v) is 8.02. The van der Waals surface area contributed by atoms with Gasteiger partial charge in [-0.05, 0) is 30.2 Å². The van der Waals surface area contributed by atoms with Crippen molar-refractivity contribution >= 4 is 5.65 Å². The first-order chi connectivity index (χ1) is 15.6. The summed E-state index contributed by atoms with van der Waals surface area (Å²) in [5, 5.41) is 20.6. The topological polar surface area (TPSA) is 70.7 Å². The van der Waals surface area contributed by atoms with Crippen molar-refractivity contribution in [1.29, 1.82) is 0 Å². The summed E-state index contributed by atoms with van der Waals surface area (Å²) >= 11 is 0. The molecule has 0 saturated carbocycles. The van der Waals surface area contributed by atoms with Crippen LogP contribution >= 0.6 is 0 Å². The van der Waals surface area contributed by atoms with Gasteiger partial charge in [0, 0.05) is 24.6 Å². The summed E-state index contributed by atoms with van der Waals surface area (Å²) in [4.78, 5) is 9.70. The SMILES string of the molecule is Cc1ccc(-c2cn3c(O)c(Cc4ccc(O)cc4)nc3c(Cc3ccccc3)n2)cc1. The zero-order valence-electron chi connectivity index (χ0n) is 17.7. The maximum Gasteiger partial charge on any atom is 0.219 e. The van der Waals surface area contributed by atoms with Crippen LogP contribution in [-0.4, -0.2) is 24.6 Å². The Morgan fingerprint density at radius 2 is 1.38 bits per heavy atom. The van der Waals surface area contributed by atoms with Crippen LogP contribution in [0.1, 0.15) is 28.1 Å². The Morgan fingerprint density at radius 3 is 2.09 bits per heavy atom. The fraction of sp³-hybridized carbons (Fsp3) is 0.111. The Hall–Kier alpha value is -4.12. The summed E-state index contributed by atoms with van der Waals surface area (Å²) in [7, 11) is 0. The third-order valence-electron chi connectivity index (χ3n) is 5.59. The van der Waals surface area contributed by atoms with Crippen molar-refractivity contribution in [3.8, 4) is 22.9 Å². The van der Waals surface area contributed by atoms with Gasteiger partial charge in [-0.2, -0.15) is 0 Å². The number of aromatic nitrogens is 3. The Balaban J connectivity index is 1.63. The number of phenolic OH excluding ortho intramolecular Hbond substituents is 1. The number of benzene rings is 3. The van der Waals surface area contributed by atoms with E-state index in [0.717, 1.165) is 28.1 Å². The number of hydrogen-bond acceptors (Lipinski definition) is 4. The molecule has 0 saturated heterocycles. The third kappa shape index (κ3) is 3.93. The smallest absolute Gasteiger partial charge is 0.219 e. The Bertz CT molecular complexity index is 1370. The van der Waals surface area contributed by atoms with Gasteiger partial charge < -0.3 is 10.2 Å². The molecule has 2 heterocycles. The summed E-state index contributed by atoms with van der Waals surface area (Å²) in [5.74, 6) is 0.322. The predicted octanol–water partition coefficient (Wildman–Crippen LogP) is 5.30. The van der Waals surface area contributed by atoms with Crippen LogP contribution in [0.25, 0.3) is 16.9 Å². The number of imidazole rings is 1. The van der Waals surface area contributed by atoms with Gasteiger partial charge in [-0.1, -0.05) is 72.3 Å². The molecule has 2 N–H and O–H groups in total. The number of phenols is 1. The molecule has 0 fully saturated rings. The lowest BCUT2D eigenvalue weighted by Crippen LogP contribution is -2.01. The van der Waals surface area contributed by atoms with Crippen LogP contribution < -0.4 is 0 Å². The quantitative estimate of drug-likeness (QED) is 0.404. The van der Waals surface area contributed by atoms with Gasteiger partial charge >= 0.3 is 0 Å². The highest BCUT2D eigenvalue weighted by atomic mass is 16.3. The van der Waals surface area contributed by atoms with E-state index in [4.69, 9.17) is 9.97 Å². The van der Waals surface area contributed by atoms with Gasteiger partial charge in [0.15, 0.2) is 5.65 Å². The van der Waals surface area contributed by atoms with E-state index in [1.807, 2.05) is 48.7 Å². The van der Waals surface area contributed by atoms with Crippen LogP contribution in [0, 0.1) is 6.92 Å². The minimum Gasteiger partial charge on any atom is -0.508 e. The lowest BCUT2D eigenvalue weighted by Gasteiger charge is -2.09. The molecule has 0 unspecified atom stereocenters. The lowest BCUT2D eigenvalue weighted by molar-refractivity contribution is 0.442. The van der Waals surface area contributed by atoms with Gasteiger partial charge in [-0.25, -0.2) is 9.97 Å². The lowest BCUT2D eigenvalue weighted by atomic mass is 10.1. The minimum atomic E-state index is 0.109. The van der Waals surface area contributed by atoms with Gasteiger partial charge in [0.1, 0.15) is 11.4 Å². The Kier molecular flexibility index (Phi) is 5.07. The van der Waals surface area contributed by atoms with Crippen molar-refractivity contribution in [3.63, 3.8) is 0 Å². The molecular weight excluding hydrogens is 398 g/mol. The largest absolute Gasteiger partial charge is 0.508 e. The van der Waals surface area contributed by atoms with Crippen molar-refractivity contribution in [2.75, 3.05) is 0 Å². The zero-order chi connectivity index (χ0) is 22.1. The predicted molar refractivity (Wildman–Crippen MR) is 125 cm³/mol. The molecule has 0 radical (unpaired) electrons. The molecule has 5 rings (SSSR count). The molecule has 0 spiro atoms. The number of aromatic hydroxyl groups is 2. The second-order valence-electron chi connectivity index (χ2n) is 8.02. The van der Waals surface area contributed by atoms with E-state index < -0.39 is 0 Å². The van der Waals surface area contributed by atoms with Crippen LogP contribution in [0.3, 0.4) is 0 Å². The van der Waals surface area contributed by atoms with Gasteiger partial charge in [0.25, 0.3) is 0 Å². The van der Waals surface area contributed by atoms with Crippen LogP contribution in [0.2, 0.25) is 0 Å². The molecule has 0 atom stereocenters. The molecule has 3 aromatic carbocycles. The highest BCUT2D eigenvalue weighted by molar-refractivity contribution is 5.63. The summed E-state index contributed by atoms with van der Waals surface area (Å²) in [6.45, 7) is 2.05. The first-order valence-corrected chi connectivity index (χ1v) is 10.6. The van der Waals surface area contributed by atoms with E-state index in [-0.39, 0.29) is 11.6 Å².